The van der Waals surface area contributed by atoms with Crippen LogP contribution in [0.5, 0.6) is 0 Å². The number of aromatic nitrogens is 1. The molecule has 0 saturated carbocycles. The largest absolute Gasteiger partial charge is 0.462 e. The lowest BCUT2D eigenvalue weighted by molar-refractivity contribution is 0.0946. The maximum atomic E-state index is 12.3. The van der Waals surface area contributed by atoms with Gasteiger partial charge in [0.1, 0.15) is 5.69 Å². The molecule has 28 heavy (non-hydrogen) atoms. The van der Waals surface area contributed by atoms with Crippen LogP contribution >= 0.6 is 11.3 Å². The predicted octanol–water partition coefficient (Wildman–Crippen LogP) is 3.08. The molecule has 1 aromatic carbocycles. The van der Waals surface area contributed by atoms with Crippen molar-refractivity contribution in [2.24, 2.45) is 0 Å². The number of thiazole rings is 1. The Hall–Kier alpha value is -2.48. The van der Waals surface area contributed by atoms with Crippen LogP contribution < -0.4 is 5.32 Å². The van der Waals surface area contributed by atoms with Crippen LogP contribution in [0.25, 0.3) is 10.8 Å². The molecule has 2 aromatic heterocycles. The van der Waals surface area contributed by atoms with Crippen molar-refractivity contribution in [3.8, 4) is 10.8 Å². The van der Waals surface area contributed by atoms with E-state index in [0.717, 1.165) is 38.3 Å². The number of rotatable bonds is 6. The molecular weight excluding hydrogens is 372 g/mol. The van der Waals surface area contributed by atoms with Crippen molar-refractivity contribution in [1.29, 1.82) is 0 Å². The third-order valence-corrected chi connectivity index (χ3v) is 5.80. The van der Waals surface area contributed by atoms with Crippen LogP contribution in [0, 0.1) is 0 Å². The van der Waals surface area contributed by atoms with E-state index in [1.165, 1.54) is 16.9 Å². The highest BCUT2D eigenvalue weighted by molar-refractivity contribution is 7.13. The van der Waals surface area contributed by atoms with E-state index >= 15 is 0 Å². The van der Waals surface area contributed by atoms with Crippen LogP contribution in [0.4, 0.5) is 0 Å². The van der Waals surface area contributed by atoms with E-state index in [1.807, 2.05) is 12.1 Å². The minimum absolute atomic E-state index is 0.171. The van der Waals surface area contributed by atoms with E-state index in [4.69, 9.17) is 4.42 Å². The minimum Gasteiger partial charge on any atom is -0.462 e. The van der Waals surface area contributed by atoms with E-state index in [9.17, 15) is 4.79 Å². The van der Waals surface area contributed by atoms with Gasteiger partial charge in [0, 0.05) is 44.6 Å². The lowest BCUT2D eigenvalue weighted by atomic mass is 10.1. The molecule has 1 N–H and O–H groups in total. The number of nitrogens with zero attached hydrogens (tertiary/aromatic N) is 3. The Morgan fingerprint density at radius 3 is 2.61 bits per heavy atom. The van der Waals surface area contributed by atoms with Crippen molar-refractivity contribution in [3.05, 3.63) is 64.9 Å². The SMILES string of the molecule is CN1CCN(Cc2ccc(CNC(=O)c3csc(-c4ccco4)n3)cc2)CC1. The summed E-state index contributed by atoms with van der Waals surface area (Å²) >= 11 is 1.40. The third-order valence-electron chi connectivity index (χ3n) is 4.95. The van der Waals surface area contributed by atoms with Crippen LogP contribution in [-0.4, -0.2) is 53.9 Å². The Balaban J connectivity index is 1.28. The lowest BCUT2D eigenvalue weighted by Gasteiger charge is -2.32. The Morgan fingerprint density at radius 2 is 1.89 bits per heavy atom. The fraction of sp³-hybridized carbons (Fsp3) is 0.333. The number of piperazine rings is 1. The van der Waals surface area contributed by atoms with Gasteiger partial charge < -0.3 is 14.6 Å². The Bertz CT molecular complexity index is 897. The summed E-state index contributed by atoms with van der Waals surface area (Å²) in [6.45, 7) is 5.95. The van der Waals surface area contributed by atoms with E-state index in [0.29, 0.717) is 23.0 Å². The summed E-state index contributed by atoms with van der Waals surface area (Å²) in [7, 11) is 2.17. The molecule has 7 heteroatoms. The normalized spacial score (nSPS) is 15.6. The van der Waals surface area contributed by atoms with Gasteiger partial charge in [-0.1, -0.05) is 24.3 Å². The van der Waals surface area contributed by atoms with E-state index < -0.39 is 0 Å². The van der Waals surface area contributed by atoms with Crippen molar-refractivity contribution in [1.82, 2.24) is 20.1 Å². The molecule has 0 aliphatic carbocycles. The third kappa shape index (κ3) is 4.67. The second kappa shape index (κ2) is 8.68. The summed E-state index contributed by atoms with van der Waals surface area (Å²) < 4.78 is 5.32. The van der Waals surface area contributed by atoms with Gasteiger partial charge in [-0.3, -0.25) is 9.69 Å². The van der Waals surface area contributed by atoms with Crippen LogP contribution in [0.15, 0.2) is 52.5 Å². The molecule has 1 aliphatic rings. The van der Waals surface area contributed by atoms with Gasteiger partial charge >= 0.3 is 0 Å². The fourth-order valence-electron chi connectivity index (χ4n) is 3.19. The van der Waals surface area contributed by atoms with E-state index in [2.05, 4.69) is 51.4 Å². The summed E-state index contributed by atoms with van der Waals surface area (Å²) in [6, 6.07) is 12.1. The van der Waals surface area contributed by atoms with Gasteiger partial charge in [-0.25, -0.2) is 4.98 Å². The zero-order chi connectivity index (χ0) is 19.3. The van der Waals surface area contributed by atoms with Gasteiger partial charge in [-0.05, 0) is 30.3 Å². The first kappa shape index (κ1) is 18.9. The molecule has 1 amide bonds. The monoisotopic (exact) mass is 396 g/mol. The number of likely N-dealkylation sites (N-methyl/N-ethyl adjacent to an activating group) is 1. The highest BCUT2D eigenvalue weighted by atomic mass is 32.1. The van der Waals surface area contributed by atoms with Gasteiger partial charge in [0.25, 0.3) is 5.91 Å². The van der Waals surface area contributed by atoms with Gasteiger partial charge in [0.2, 0.25) is 0 Å². The quantitative estimate of drug-likeness (QED) is 0.694. The fourth-order valence-corrected chi connectivity index (χ4v) is 3.96. The van der Waals surface area contributed by atoms with Crippen molar-refractivity contribution < 1.29 is 9.21 Å². The van der Waals surface area contributed by atoms with Crippen molar-refractivity contribution in [2.75, 3.05) is 33.2 Å². The van der Waals surface area contributed by atoms with Gasteiger partial charge in [-0.2, -0.15) is 0 Å². The molecule has 3 aromatic rings. The minimum atomic E-state index is -0.171. The maximum Gasteiger partial charge on any atom is 0.271 e. The van der Waals surface area contributed by atoms with Gasteiger partial charge in [0.05, 0.1) is 6.26 Å². The molecule has 0 unspecified atom stereocenters. The molecule has 0 spiro atoms. The zero-order valence-electron chi connectivity index (χ0n) is 15.9. The number of carbonyl (C=O) groups is 1. The first-order valence-corrected chi connectivity index (χ1v) is 10.3. The van der Waals surface area contributed by atoms with Crippen LogP contribution in [0.2, 0.25) is 0 Å². The van der Waals surface area contributed by atoms with E-state index in [1.54, 1.807) is 11.6 Å². The van der Waals surface area contributed by atoms with E-state index in [-0.39, 0.29) is 5.91 Å². The number of hydrogen-bond donors (Lipinski definition) is 1. The second-order valence-corrected chi connectivity index (χ2v) is 7.95. The molecule has 0 bridgehead atoms. The zero-order valence-corrected chi connectivity index (χ0v) is 16.7. The number of carbonyl (C=O) groups excluding carboxylic acids is 1. The first-order valence-electron chi connectivity index (χ1n) is 9.44. The summed E-state index contributed by atoms with van der Waals surface area (Å²) in [6.07, 6.45) is 1.60. The molecule has 1 aliphatic heterocycles. The number of hydrogen-bond acceptors (Lipinski definition) is 6. The predicted molar refractivity (Wildman–Crippen MR) is 110 cm³/mol. The molecule has 146 valence electrons. The maximum absolute atomic E-state index is 12.3. The molecule has 4 rings (SSSR count). The lowest BCUT2D eigenvalue weighted by Crippen LogP contribution is -2.43. The van der Waals surface area contributed by atoms with Crippen molar-refractivity contribution in [2.45, 2.75) is 13.1 Å². The Morgan fingerprint density at radius 1 is 1.14 bits per heavy atom. The summed E-state index contributed by atoms with van der Waals surface area (Å²) in [4.78, 5) is 21.5. The van der Waals surface area contributed by atoms with Crippen LogP contribution in [0.3, 0.4) is 0 Å². The van der Waals surface area contributed by atoms with Crippen molar-refractivity contribution >= 4 is 17.2 Å². The van der Waals surface area contributed by atoms with Crippen LogP contribution in [-0.2, 0) is 13.1 Å². The van der Waals surface area contributed by atoms with Gasteiger partial charge in [0.15, 0.2) is 10.8 Å². The number of amides is 1. The average molecular weight is 397 g/mol. The van der Waals surface area contributed by atoms with Crippen LogP contribution in [0.1, 0.15) is 21.6 Å². The highest BCUT2D eigenvalue weighted by Gasteiger charge is 2.14. The molecule has 0 atom stereocenters. The molecule has 1 fully saturated rings. The topological polar surface area (TPSA) is 61.6 Å². The molecule has 0 radical (unpaired) electrons. The molecule has 3 heterocycles. The second-order valence-electron chi connectivity index (χ2n) is 7.09. The first-order chi connectivity index (χ1) is 13.7. The number of furan rings is 1. The van der Waals surface area contributed by atoms with Crippen molar-refractivity contribution in [3.63, 3.8) is 0 Å². The summed E-state index contributed by atoms with van der Waals surface area (Å²) in [5.74, 6) is 0.510. The average Bonchev–Trinajstić information content (AvgIpc) is 3.41. The summed E-state index contributed by atoms with van der Waals surface area (Å²) in [5, 5.41) is 5.41. The van der Waals surface area contributed by atoms with Gasteiger partial charge in [-0.15, -0.1) is 11.3 Å². The Labute approximate surface area is 168 Å². The molecule has 6 nitrogen and oxygen atoms in total. The smallest absolute Gasteiger partial charge is 0.271 e. The Kier molecular flexibility index (Phi) is 5.85. The summed E-state index contributed by atoms with van der Waals surface area (Å²) in [5.41, 5.74) is 2.81. The number of benzene rings is 1. The highest BCUT2D eigenvalue weighted by Crippen LogP contribution is 2.23. The standard InChI is InChI=1S/C21H24N4O2S/c1-24-8-10-25(11-9-24)14-17-6-4-16(5-7-17)13-22-20(26)18-15-28-21(23-18)19-3-2-12-27-19/h2-7,12,15H,8-11,13-14H2,1H3,(H,22,26). The molecular formula is C21H24N4O2S. The molecule has 1 saturated heterocycles. The number of nitrogens with one attached hydrogen (secondary N) is 1.